The van der Waals surface area contributed by atoms with Crippen LogP contribution in [0.3, 0.4) is 0 Å². The van der Waals surface area contributed by atoms with Gasteiger partial charge in [0.05, 0.1) is 0 Å². The summed E-state index contributed by atoms with van der Waals surface area (Å²) in [5, 5.41) is 8.89. The molecule has 0 radical (unpaired) electrons. The number of rotatable bonds is 5. The zero-order valence-electron chi connectivity index (χ0n) is 9.29. The standard InChI is InChI=1S/C11H9F4NOS/c1-18-9-4-2-3-8(7(9)5-16)17-6-11(14,15)10(12)13/h2-4,10H,6H2,1H3. The minimum absolute atomic E-state index is 0.0649. The Labute approximate surface area is 106 Å². The van der Waals surface area contributed by atoms with E-state index < -0.39 is 19.0 Å². The van der Waals surface area contributed by atoms with E-state index in [9.17, 15) is 17.6 Å². The van der Waals surface area contributed by atoms with E-state index in [1.165, 1.54) is 23.9 Å². The van der Waals surface area contributed by atoms with Gasteiger partial charge in [-0.2, -0.15) is 14.0 Å². The summed E-state index contributed by atoms with van der Waals surface area (Å²) in [6.07, 6.45) is -2.10. The van der Waals surface area contributed by atoms with Crippen molar-refractivity contribution in [3.8, 4) is 11.8 Å². The first kappa shape index (κ1) is 14.6. The number of halogens is 4. The molecule has 18 heavy (non-hydrogen) atoms. The predicted octanol–water partition coefficient (Wildman–Crippen LogP) is 3.56. The molecule has 0 bridgehead atoms. The number of hydrogen-bond acceptors (Lipinski definition) is 3. The van der Waals surface area contributed by atoms with Crippen molar-refractivity contribution in [2.75, 3.05) is 12.9 Å². The molecule has 7 heteroatoms. The highest BCUT2D eigenvalue weighted by Crippen LogP contribution is 2.30. The van der Waals surface area contributed by atoms with Crippen molar-refractivity contribution in [1.82, 2.24) is 0 Å². The molecule has 1 rings (SSSR count). The Kier molecular flexibility index (Phi) is 4.84. The van der Waals surface area contributed by atoms with Gasteiger partial charge < -0.3 is 4.74 Å². The van der Waals surface area contributed by atoms with Crippen molar-refractivity contribution in [2.45, 2.75) is 17.2 Å². The van der Waals surface area contributed by atoms with Crippen molar-refractivity contribution in [2.24, 2.45) is 0 Å². The first-order chi connectivity index (χ1) is 8.42. The first-order valence-corrected chi connectivity index (χ1v) is 6.00. The molecule has 1 aromatic rings. The van der Waals surface area contributed by atoms with Gasteiger partial charge in [0, 0.05) is 4.90 Å². The van der Waals surface area contributed by atoms with Gasteiger partial charge in [-0.25, -0.2) is 8.78 Å². The number of thioether (sulfide) groups is 1. The summed E-state index contributed by atoms with van der Waals surface area (Å²) in [6, 6.07) is 6.21. The van der Waals surface area contributed by atoms with Crippen LogP contribution in [0.4, 0.5) is 17.6 Å². The van der Waals surface area contributed by atoms with Crippen molar-refractivity contribution in [3.05, 3.63) is 23.8 Å². The van der Waals surface area contributed by atoms with Gasteiger partial charge in [0.25, 0.3) is 0 Å². The van der Waals surface area contributed by atoms with E-state index >= 15 is 0 Å². The molecule has 0 amide bonds. The fourth-order valence-electron chi connectivity index (χ4n) is 1.15. The monoisotopic (exact) mass is 279 g/mol. The molecular weight excluding hydrogens is 270 g/mol. The molecule has 0 N–H and O–H groups in total. The van der Waals surface area contributed by atoms with Crippen LogP contribution < -0.4 is 4.74 Å². The average molecular weight is 279 g/mol. The van der Waals surface area contributed by atoms with Gasteiger partial charge in [0.1, 0.15) is 17.4 Å². The lowest BCUT2D eigenvalue weighted by molar-refractivity contribution is -0.148. The Bertz CT molecular complexity index is 459. The third-order valence-electron chi connectivity index (χ3n) is 2.06. The number of ether oxygens (including phenoxy) is 1. The third-order valence-corrected chi connectivity index (χ3v) is 2.84. The lowest BCUT2D eigenvalue weighted by Crippen LogP contribution is -2.33. The highest BCUT2D eigenvalue weighted by molar-refractivity contribution is 7.98. The van der Waals surface area contributed by atoms with Crippen molar-refractivity contribution in [1.29, 1.82) is 5.26 Å². The molecule has 0 saturated carbocycles. The first-order valence-electron chi connectivity index (χ1n) is 4.78. The molecule has 1 aromatic carbocycles. The Morgan fingerprint density at radius 2 is 2.11 bits per heavy atom. The van der Waals surface area contributed by atoms with Crippen LogP contribution in [-0.4, -0.2) is 25.2 Å². The van der Waals surface area contributed by atoms with Crippen LogP contribution in [0.1, 0.15) is 5.56 Å². The highest BCUT2D eigenvalue weighted by Gasteiger charge is 2.41. The zero-order valence-corrected chi connectivity index (χ0v) is 10.1. The van der Waals surface area contributed by atoms with Gasteiger partial charge in [-0.1, -0.05) is 6.07 Å². The molecule has 0 aliphatic heterocycles. The summed E-state index contributed by atoms with van der Waals surface area (Å²) in [6.45, 7) is -1.46. The van der Waals surface area contributed by atoms with E-state index in [0.717, 1.165) is 0 Å². The average Bonchev–Trinajstić information content (AvgIpc) is 2.35. The van der Waals surface area contributed by atoms with Crippen LogP contribution in [0.5, 0.6) is 5.75 Å². The maximum Gasteiger partial charge on any atom is 0.340 e. The fourth-order valence-corrected chi connectivity index (χ4v) is 1.71. The van der Waals surface area contributed by atoms with Crippen LogP contribution in [-0.2, 0) is 0 Å². The third kappa shape index (κ3) is 3.29. The molecule has 0 spiro atoms. The van der Waals surface area contributed by atoms with Gasteiger partial charge in [-0.15, -0.1) is 11.8 Å². The van der Waals surface area contributed by atoms with E-state index in [1.807, 2.05) is 0 Å². The second-order valence-electron chi connectivity index (χ2n) is 3.30. The van der Waals surface area contributed by atoms with Gasteiger partial charge in [-0.05, 0) is 18.4 Å². The van der Waals surface area contributed by atoms with E-state index in [4.69, 9.17) is 5.26 Å². The molecule has 0 fully saturated rings. The van der Waals surface area contributed by atoms with Gasteiger partial charge >= 0.3 is 12.3 Å². The van der Waals surface area contributed by atoms with Gasteiger partial charge in [0.2, 0.25) is 0 Å². The summed E-state index contributed by atoms with van der Waals surface area (Å²) < 4.78 is 53.9. The van der Waals surface area contributed by atoms with Crippen LogP contribution >= 0.6 is 11.8 Å². The fraction of sp³-hybridized carbons (Fsp3) is 0.364. The maximum absolute atomic E-state index is 12.7. The quantitative estimate of drug-likeness (QED) is 0.610. The molecule has 0 aromatic heterocycles. The van der Waals surface area contributed by atoms with E-state index in [0.29, 0.717) is 4.90 Å². The van der Waals surface area contributed by atoms with Crippen molar-refractivity contribution >= 4 is 11.8 Å². The predicted molar refractivity (Wildman–Crippen MR) is 59.4 cm³/mol. The Hall–Kier alpha value is -1.42. The molecule has 0 aliphatic rings. The van der Waals surface area contributed by atoms with E-state index in [1.54, 1.807) is 18.4 Å². The summed E-state index contributed by atoms with van der Waals surface area (Å²) >= 11 is 1.24. The number of alkyl halides is 4. The minimum atomic E-state index is -4.23. The smallest absolute Gasteiger partial charge is 0.340 e. The van der Waals surface area contributed by atoms with E-state index in [-0.39, 0.29) is 11.3 Å². The summed E-state index contributed by atoms with van der Waals surface area (Å²) in [7, 11) is 0. The maximum atomic E-state index is 12.7. The van der Waals surface area contributed by atoms with E-state index in [2.05, 4.69) is 4.74 Å². The molecule has 0 heterocycles. The second-order valence-corrected chi connectivity index (χ2v) is 4.14. The number of hydrogen-bond donors (Lipinski definition) is 0. The Morgan fingerprint density at radius 3 is 2.61 bits per heavy atom. The molecule has 0 aliphatic carbocycles. The molecule has 0 atom stereocenters. The van der Waals surface area contributed by atoms with Crippen LogP contribution in [0, 0.1) is 11.3 Å². The lowest BCUT2D eigenvalue weighted by Gasteiger charge is -2.17. The molecule has 0 saturated heterocycles. The Balaban J connectivity index is 2.90. The normalized spacial score (nSPS) is 11.4. The molecule has 0 unspecified atom stereocenters. The lowest BCUT2D eigenvalue weighted by atomic mass is 10.2. The Morgan fingerprint density at radius 1 is 1.44 bits per heavy atom. The van der Waals surface area contributed by atoms with Crippen LogP contribution in [0.25, 0.3) is 0 Å². The summed E-state index contributed by atoms with van der Waals surface area (Å²) in [4.78, 5) is 0.537. The highest BCUT2D eigenvalue weighted by atomic mass is 32.2. The van der Waals surface area contributed by atoms with Crippen LogP contribution in [0.2, 0.25) is 0 Å². The molecular formula is C11H9F4NOS. The van der Waals surface area contributed by atoms with Gasteiger partial charge in [-0.3, -0.25) is 0 Å². The van der Waals surface area contributed by atoms with Crippen molar-refractivity contribution < 1.29 is 22.3 Å². The molecule has 98 valence electrons. The van der Waals surface area contributed by atoms with Gasteiger partial charge in [0.15, 0.2) is 6.61 Å². The van der Waals surface area contributed by atoms with Crippen LogP contribution in [0.15, 0.2) is 23.1 Å². The van der Waals surface area contributed by atoms with Crippen molar-refractivity contribution in [3.63, 3.8) is 0 Å². The summed E-state index contributed by atoms with van der Waals surface area (Å²) in [5.41, 5.74) is 0.0649. The summed E-state index contributed by atoms with van der Waals surface area (Å²) in [5.74, 6) is -4.35. The number of nitriles is 1. The zero-order chi connectivity index (χ0) is 13.8. The molecule has 2 nitrogen and oxygen atoms in total. The number of benzene rings is 1. The second kappa shape index (κ2) is 5.96. The largest absolute Gasteiger partial charge is 0.486 e. The minimum Gasteiger partial charge on any atom is -0.486 e. The number of nitrogens with zero attached hydrogens (tertiary/aromatic N) is 1. The topological polar surface area (TPSA) is 33.0 Å². The SMILES string of the molecule is CSc1cccc(OCC(F)(F)C(F)F)c1C#N.